The van der Waals surface area contributed by atoms with Gasteiger partial charge in [0.05, 0.1) is 22.1 Å². The van der Waals surface area contributed by atoms with E-state index in [0.717, 1.165) is 21.5 Å². The first-order chi connectivity index (χ1) is 8.97. The number of carboxylic acids is 1. The minimum Gasteiger partial charge on any atom is -0.478 e. The van der Waals surface area contributed by atoms with E-state index >= 15 is 0 Å². The van der Waals surface area contributed by atoms with Gasteiger partial charge in [-0.1, -0.05) is 0 Å². The summed E-state index contributed by atoms with van der Waals surface area (Å²) in [5, 5.41) is 10.7. The first-order valence-corrected chi connectivity index (χ1v) is 8.10. The Labute approximate surface area is 123 Å². The maximum atomic E-state index is 13.2. The molecule has 2 aromatic rings. The van der Waals surface area contributed by atoms with Gasteiger partial charge < -0.3 is 5.11 Å². The van der Waals surface area contributed by atoms with Gasteiger partial charge in [0.15, 0.2) is 0 Å². The normalized spacial score (nSPS) is 12.3. The first-order valence-electron chi connectivity index (χ1n) is 5.11. The summed E-state index contributed by atoms with van der Waals surface area (Å²) in [4.78, 5) is 12.0. The number of carboxylic acid groups (broad SMARTS) is 1. The van der Waals surface area contributed by atoms with Crippen LogP contribution in [0.2, 0.25) is 0 Å². The van der Waals surface area contributed by atoms with Crippen molar-refractivity contribution in [2.24, 2.45) is 0 Å². The first kappa shape index (κ1) is 14.4. The molecular weight excluding hydrogens is 355 g/mol. The number of hydrogen-bond donors (Lipinski definition) is 1. The van der Waals surface area contributed by atoms with Crippen LogP contribution in [0.25, 0.3) is 0 Å². The molecule has 0 saturated carbocycles. The van der Waals surface area contributed by atoms with Crippen LogP contribution in [-0.4, -0.2) is 15.3 Å². The van der Waals surface area contributed by atoms with Crippen molar-refractivity contribution in [3.8, 4) is 0 Å². The van der Waals surface area contributed by atoms with Crippen LogP contribution in [0, 0.1) is 5.82 Å². The van der Waals surface area contributed by atoms with Gasteiger partial charge in [0.25, 0.3) is 0 Å². The molecule has 19 heavy (non-hydrogen) atoms. The number of carbonyl (C=O) groups is 1. The highest BCUT2D eigenvalue weighted by Gasteiger charge is 2.14. The molecule has 100 valence electrons. The molecule has 0 fully saturated rings. The Bertz CT molecular complexity index is 654. The Morgan fingerprint density at radius 3 is 2.74 bits per heavy atom. The van der Waals surface area contributed by atoms with Crippen LogP contribution in [0.4, 0.5) is 4.39 Å². The lowest BCUT2D eigenvalue weighted by atomic mass is 10.2. The Hall–Kier alpha value is -1.05. The van der Waals surface area contributed by atoms with Gasteiger partial charge in [-0.15, -0.1) is 11.3 Å². The zero-order valence-electron chi connectivity index (χ0n) is 9.43. The molecule has 0 amide bonds. The molecule has 1 aromatic carbocycles. The van der Waals surface area contributed by atoms with Gasteiger partial charge in [-0.05, 0) is 40.2 Å². The number of benzene rings is 1. The fourth-order valence-electron chi connectivity index (χ4n) is 1.45. The van der Waals surface area contributed by atoms with Gasteiger partial charge in [0.1, 0.15) is 5.82 Å². The largest absolute Gasteiger partial charge is 0.478 e. The van der Waals surface area contributed by atoms with E-state index < -0.39 is 28.1 Å². The van der Waals surface area contributed by atoms with Crippen LogP contribution < -0.4 is 0 Å². The lowest BCUT2D eigenvalue weighted by Gasteiger charge is -2.03. The summed E-state index contributed by atoms with van der Waals surface area (Å²) in [5.74, 6) is -1.91. The summed E-state index contributed by atoms with van der Waals surface area (Å²) in [6.45, 7) is 0. The van der Waals surface area contributed by atoms with E-state index in [1.807, 2.05) is 11.4 Å². The molecule has 1 unspecified atom stereocenters. The number of thiophene rings is 1. The number of halogens is 2. The van der Waals surface area contributed by atoms with E-state index in [4.69, 9.17) is 5.11 Å². The molecule has 3 nitrogen and oxygen atoms in total. The maximum absolute atomic E-state index is 13.2. The maximum Gasteiger partial charge on any atom is 0.338 e. The number of aromatic carboxylic acids is 1. The van der Waals surface area contributed by atoms with Crippen LogP contribution in [0.15, 0.2) is 39.0 Å². The van der Waals surface area contributed by atoms with Crippen molar-refractivity contribution >= 4 is 44.0 Å². The lowest BCUT2D eigenvalue weighted by molar-refractivity contribution is 0.0691. The van der Waals surface area contributed by atoms with Gasteiger partial charge in [0.2, 0.25) is 0 Å². The van der Waals surface area contributed by atoms with Crippen molar-refractivity contribution in [3.63, 3.8) is 0 Å². The standard InChI is InChI=1S/C12H8BrFO3S2/c13-7-3-8(18-5-7)6-19(17)9-1-2-11(14)10(4-9)12(15)16/h1-5H,6H2,(H,15,16). The summed E-state index contributed by atoms with van der Waals surface area (Å²) in [6.07, 6.45) is 0. The third-order valence-corrected chi connectivity index (χ3v) is 5.56. The van der Waals surface area contributed by atoms with E-state index in [2.05, 4.69) is 15.9 Å². The highest BCUT2D eigenvalue weighted by atomic mass is 79.9. The molecule has 7 heteroatoms. The highest BCUT2D eigenvalue weighted by molar-refractivity contribution is 9.10. The average Bonchev–Trinajstić information content (AvgIpc) is 2.74. The fourth-order valence-corrected chi connectivity index (χ4v) is 4.26. The van der Waals surface area contributed by atoms with Crippen LogP contribution in [-0.2, 0) is 16.6 Å². The molecule has 1 heterocycles. The lowest BCUT2D eigenvalue weighted by Crippen LogP contribution is -2.03. The van der Waals surface area contributed by atoms with Crippen molar-refractivity contribution in [3.05, 3.63) is 50.4 Å². The monoisotopic (exact) mass is 362 g/mol. The quantitative estimate of drug-likeness (QED) is 0.902. The Morgan fingerprint density at radius 2 is 2.16 bits per heavy atom. The minimum atomic E-state index is -1.40. The zero-order chi connectivity index (χ0) is 14.0. The fraction of sp³-hybridized carbons (Fsp3) is 0.0833. The van der Waals surface area contributed by atoms with Gasteiger partial charge in [-0.2, -0.15) is 0 Å². The molecule has 0 aliphatic carbocycles. The molecule has 1 atom stereocenters. The van der Waals surface area contributed by atoms with Crippen molar-refractivity contribution in [2.45, 2.75) is 10.6 Å². The van der Waals surface area contributed by atoms with E-state index in [-0.39, 0.29) is 5.75 Å². The van der Waals surface area contributed by atoms with E-state index in [1.165, 1.54) is 17.4 Å². The van der Waals surface area contributed by atoms with Crippen molar-refractivity contribution in [1.82, 2.24) is 0 Å². The molecule has 0 bridgehead atoms. The summed E-state index contributed by atoms with van der Waals surface area (Å²) >= 11 is 4.76. The summed E-state index contributed by atoms with van der Waals surface area (Å²) < 4.78 is 26.2. The smallest absolute Gasteiger partial charge is 0.338 e. The second-order valence-electron chi connectivity index (χ2n) is 3.67. The molecule has 0 spiro atoms. The molecule has 0 aliphatic heterocycles. The Balaban J connectivity index is 2.24. The van der Waals surface area contributed by atoms with E-state index in [0.29, 0.717) is 4.90 Å². The van der Waals surface area contributed by atoms with Crippen molar-refractivity contribution in [1.29, 1.82) is 0 Å². The van der Waals surface area contributed by atoms with Crippen LogP contribution >= 0.6 is 27.3 Å². The van der Waals surface area contributed by atoms with Crippen molar-refractivity contribution < 1.29 is 18.5 Å². The molecule has 0 radical (unpaired) electrons. The van der Waals surface area contributed by atoms with Gasteiger partial charge in [-0.25, -0.2) is 9.18 Å². The number of hydrogen-bond acceptors (Lipinski definition) is 3. The molecule has 0 aliphatic rings. The second kappa shape index (κ2) is 5.94. The van der Waals surface area contributed by atoms with Crippen LogP contribution in [0.1, 0.15) is 15.2 Å². The topological polar surface area (TPSA) is 54.4 Å². The zero-order valence-corrected chi connectivity index (χ0v) is 12.6. The average molecular weight is 363 g/mol. The van der Waals surface area contributed by atoms with E-state index in [9.17, 15) is 13.4 Å². The summed E-state index contributed by atoms with van der Waals surface area (Å²) in [5.41, 5.74) is -0.460. The predicted molar refractivity (Wildman–Crippen MR) is 75.5 cm³/mol. The Kier molecular flexibility index (Phi) is 4.49. The Morgan fingerprint density at radius 1 is 1.42 bits per heavy atom. The third-order valence-electron chi connectivity index (χ3n) is 2.33. The minimum absolute atomic E-state index is 0.279. The highest BCUT2D eigenvalue weighted by Crippen LogP contribution is 2.23. The molecular formula is C12H8BrFO3S2. The second-order valence-corrected chi connectivity index (χ2v) is 7.03. The molecule has 1 aromatic heterocycles. The van der Waals surface area contributed by atoms with Gasteiger partial charge in [0, 0.05) is 19.6 Å². The SMILES string of the molecule is O=C(O)c1cc(S(=O)Cc2cc(Br)cs2)ccc1F. The van der Waals surface area contributed by atoms with Gasteiger partial charge in [-0.3, -0.25) is 4.21 Å². The molecule has 2 rings (SSSR count). The summed E-state index contributed by atoms with van der Waals surface area (Å²) in [6, 6.07) is 5.35. The van der Waals surface area contributed by atoms with Crippen LogP contribution in [0.5, 0.6) is 0 Å². The van der Waals surface area contributed by atoms with E-state index in [1.54, 1.807) is 0 Å². The molecule has 0 saturated heterocycles. The van der Waals surface area contributed by atoms with Crippen LogP contribution in [0.3, 0.4) is 0 Å². The molecule has 1 N–H and O–H groups in total. The summed E-state index contributed by atoms with van der Waals surface area (Å²) in [7, 11) is -1.40. The predicted octanol–water partition coefficient (Wildman–Crippen LogP) is 3.66. The third kappa shape index (κ3) is 3.49. The number of rotatable bonds is 4. The van der Waals surface area contributed by atoms with Crippen molar-refractivity contribution in [2.75, 3.05) is 0 Å². The van der Waals surface area contributed by atoms with Gasteiger partial charge >= 0.3 is 5.97 Å².